The molecule has 1 aliphatic carbocycles. The van der Waals surface area contributed by atoms with Gasteiger partial charge < -0.3 is 11.1 Å². The number of carbonyl (C=O) groups is 1. The van der Waals surface area contributed by atoms with Crippen molar-refractivity contribution in [2.75, 3.05) is 0 Å². The van der Waals surface area contributed by atoms with Crippen molar-refractivity contribution in [2.24, 2.45) is 23.5 Å². The first-order valence-electron chi connectivity index (χ1n) is 6.53. The van der Waals surface area contributed by atoms with Gasteiger partial charge in [0, 0.05) is 6.04 Å². The van der Waals surface area contributed by atoms with Crippen LogP contribution in [0.5, 0.6) is 0 Å². The Hall–Kier alpha value is -0.640. The molecule has 0 saturated heterocycles. The number of thiocarbonyl (C=S) groups is 1. The first-order chi connectivity index (χ1) is 7.93. The van der Waals surface area contributed by atoms with E-state index in [0.717, 1.165) is 6.42 Å². The Morgan fingerprint density at radius 3 is 2.41 bits per heavy atom. The number of nitrogens with two attached hydrogens (primary N) is 1. The fraction of sp³-hybridized carbons (Fsp3) is 0.846. The van der Waals surface area contributed by atoms with Crippen LogP contribution in [0.2, 0.25) is 0 Å². The van der Waals surface area contributed by atoms with Crippen molar-refractivity contribution in [3.8, 4) is 0 Å². The van der Waals surface area contributed by atoms with Gasteiger partial charge in [0.1, 0.15) is 0 Å². The zero-order valence-corrected chi connectivity index (χ0v) is 11.8. The van der Waals surface area contributed by atoms with Crippen molar-refractivity contribution in [1.82, 2.24) is 5.32 Å². The third-order valence-corrected chi connectivity index (χ3v) is 3.95. The third kappa shape index (κ3) is 3.95. The highest BCUT2D eigenvalue weighted by Gasteiger charge is 2.29. The maximum Gasteiger partial charge on any atom is 0.230 e. The Kier molecular flexibility index (Phi) is 5.37. The smallest absolute Gasteiger partial charge is 0.230 e. The summed E-state index contributed by atoms with van der Waals surface area (Å²) >= 11 is 4.98. The molecule has 3 N–H and O–H groups in total. The zero-order chi connectivity index (χ0) is 13.0. The maximum absolute atomic E-state index is 12.2. The predicted molar refractivity (Wildman–Crippen MR) is 74.7 cm³/mol. The van der Waals surface area contributed by atoms with Crippen molar-refractivity contribution < 1.29 is 4.79 Å². The molecule has 1 fully saturated rings. The van der Waals surface area contributed by atoms with E-state index in [9.17, 15) is 4.79 Å². The summed E-state index contributed by atoms with van der Waals surface area (Å²) in [6.45, 7) is 6.16. The van der Waals surface area contributed by atoms with Gasteiger partial charge in [-0.15, -0.1) is 0 Å². The van der Waals surface area contributed by atoms with Crippen LogP contribution in [0.4, 0.5) is 0 Å². The zero-order valence-electron chi connectivity index (χ0n) is 11.0. The number of hydrogen-bond acceptors (Lipinski definition) is 2. The number of carbonyl (C=O) groups excluding carboxylic acids is 1. The Morgan fingerprint density at radius 2 is 1.94 bits per heavy atom. The SMILES string of the molecule is CC(C)C(C(=O)NC1CCCCC1C)C(N)=S. The molecule has 3 nitrogen and oxygen atoms in total. The molecule has 4 heteroatoms. The fourth-order valence-electron chi connectivity index (χ4n) is 2.56. The second kappa shape index (κ2) is 6.34. The normalized spacial score (nSPS) is 26.6. The number of nitrogens with one attached hydrogen (secondary N) is 1. The van der Waals surface area contributed by atoms with Crippen LogP contribution in [-0.4, -0.2) is 16.9 Å². The lowest BCUT2D eigenvalue weighted by molar-refractivity contribution is -0.125. The molecule has 1 rings (SSSR count). The van der Waals surface area contributed by atoms with Crippen LogP contribution in [0, 0.1) is 17.8 Å². The van der Waals surface area contributed by atoms with Crippen molar-refractivity contribution in [1.29, 1.82) is 0 Å². The summed E-state index contributed by atoms with van der Waals surface area (Å²) in [6.07, 6.45) is 4.75. The van der Waals surface area contributed by atoms with E-state index in [1.165, 1.54) is 19.3 Å². The molecule has 1 saturated carbocycles. The summed E-state index contributed by atoms with van der Waals surface area (Å²) in [6, 6.07) is 0.298. The molecular formula is C13H24N2OS. The lowest BCUT2D eigenvalue weighted by Crippen LogP contribution is -2.47. The van der Waals surface area contributed by atoms with E-state index in [1.54, 1.807) is 0 Å². The molecule has 3 unspecified atom stereocenters. The Morgan fingerprint density at radius 1 is 1.35 bits per heavy atom. The minimum absolute atomic E-state index is 0.00579. The molecule has 0 bridgehead atoms. The van der Waals surface area contributed by atoms with Gasteiger partial charge in [0.05, 0.1) is 10.9 Å². The standard InChI is InChI=1S/C13H24N2OS/c1-8(2)11(12(14)17)13(16)15-10-7-5-4-6-9(10)3/h8-11H,4-7H2,1-3H3,(H2,14,17)(H,15,16). The van der Waals surface area contributed by atoms with E-state index in [-0.39, 0.29) is 17.7 Å². The van der Waals surface area contributed by atoms with Gasteiger partial charge in [-0.3, -0.25) is 4.79 Å². The summed E-state index contributed by atoms with van der Waals surface area (Å²) in [5.41, 5.74) is 5.65. The van der Waals surface area contributed by atoms with Gasteiger partial charge in [0.25, 0.3) is 0 Å². The van der Waals surface area contributed by atoms with Gasteiger partial charge >= 0.3 is 0 Å². The summed E-state index contributed by atoms with van der Waals surface area (Å²) in [5, 5.41) is 3.12. The number of rotatable bonds is 4. The molecule has 17 heavy (non-hydrogen) atoms. The lowest BCUT2D eigenvalue weighted by atomic mass is 9.85. The van der Waals surface area contributed by atoms with Gasteiger partial charge in [-0.1, -0.05) is 45.8 Å². The van der Waals surface area contributed by atoms with Crippen LogP contribution in [0.25, 0.3) is 0 Å². The van der Waals surface area contributed by atoms with E-state index < -0.39 is 0 Å². The summed E-state index contributed by atoms with van der Waals surface area (Å²) < 4.78 is 0. The molecule has 1 aliphatic rings. The van der Waals surface area contributed by atoms with Crippen molar-refractivity contribution in [2.45, 2.75) is 52.5 Å². The quantitative estimate of drug-likeness (QED) is 0.759. The molecule has 0 radical (unpaired) electrons. The van der Waals surface area contributed by atoms with Gasteiger partial charge in [0.15, 0.2) is 0 Å². The number of hydrogen-bond donors (Lipinski definition) is 2. The van der Waals surface area contributed by atoms with Crippen LogP contribution in [0.1, 0.15) is 46.5 Å². The third-order valence-electron chi connectivity index (χ3n) is 3.69. The van der Waals surface area contributed by atoms with Gasteiger partial charge in [0.2, 0.25) is 5.91 Å². The van der Waals surface area contributed by atoms with Crippen LogP contribution < -0.4 is 11.1 Å². The molecule has 0 aromatic carbocycles. The highest BCUT2D eigenvalue weighted by atomic mass is 32.1. The molecule has 0 aromatic heterocycles. The van der Waals surface area contributed by atoms with E-state index in [4.69, 9.17) is 18.0 Å². The first kappa shape index (κ1) is 14.4. The van der Waals surface area contributed by atoms with Crippen molar-refractivity contribution >= 4 is 23.1 Å². The van der Waals surface area contributed by atoms with Gasteiger partial charge in [-0.2, -0.15) is 0 Å². The first-order valence-corrected chi connectivity index (χ1v) is 6.94. The fourth-order valence-corrected chi connectivity index (χ4v) is 2.94. The Balaban J connectivity index is 2.60. The molecule has 0 aliphatic heterocycles. The molecule has 98 valence electrons. The van der Waals surface area contributed by atoms with E-state index in [1.807, 2.05) is 13.8 Å². The molecule has 0 spiro atoms. The molecule has 0 aromatic rings. The molecule has 1 amide bonds. The van der Waals surface area contributed by atoms with Gasteiger partial charge in [-0.25, -0.2) is 0 Å². The largest absolute Gasteiger partial charge is 0.393 e. The molecule has 0 heterocycles. The van der Waals surface area contributed by atoms with Crippen LogP contribution in [-0.2, 0) is 4.79 Å². The van der Waals surface area contributed by atoms with Crippen molar-refractivity contribution in [3.63, 3.8) is 0 Å². The van der Waals surface area contributed by atoms with Crippen LogP contribution >= 0.6 is 12.2 Å². The minimum Gasteiger partial charge on any atom is -0.393 e. The highest BCUT2D eigenvalue weighted by molar-refractivity contribution is 7.80. The van der Waals surface area contributed by atoms with E-state index in [0.29, 0.717) is 16.9 Å². The van der Waals surface area contributed by atoms with E-state index >= 15 is 0 Å². The van der Waals surface area contributed by atoms with Crippen LogP contribution in [0.15, 0.2) is 0 Å². The second-order valence-electron chi connectivity index (χ2n) is 5.50. The van der Waals surface area contributed by atoms with Gasteiger partial charge in [-0.05, 0) is 24.7 Å². The lowest BCUT2D eigenvalue weighted by Gasteiger charge is -2.31. The highest BCUT2D eigenvalue weighted by Crippen LogP contribution is 2.24. The second-order valence-corrected chi connectivity index (χ2v) is 5.97. The van der Waals surface area contributed by atoms with Crippen molar-refractivity contribution in [3.05, 3.63) is 0 Å². The summed E-state index contributed by atoms with van der Waals surface area (Å²) in [5.74, 6) is 0.392. The summed E-state index contributed by atoms with van der Waals surface area (Å²) in [7, 11) is 0. The minimum atomic E-state index is -0.334. The Bertz CT molecular complexity index is 291. The summed E-state index contributed by atoms with van der Waals surface area (Å²) in [4.78, 5) is 12.5. The topological polar surface area (TPSA) is 55.1 Å². The number of amides is 1. The average molecular weight is 256 g/mol. The predicted octanol–water partition coefficient (Wildman–Crippen LogP) is 2.24. The molecular weight excluding hydrogens is 232 g/mol. The van der Waals surface area contributed by atoms with Crippen LogP contribution in [0.3, 0.4) is 0 Å². The monoisotopic (exact) mass is 256 g/mol. The average Bonchev–Trinajstić information content (AvgIpc) is 2.20. The maximum atomic E-state index is 12.2. The molecule has 3 atom stereocenters. The van der Waals surface area contributed by atoms with E-state index in [2.05, 4.69) is 12.2 Å². The Labute approximate surface area is 110 Å².